The van der Waals surface area contributed by atoms with Gasteiger partial charge >= 0.3 is 16.2 Å². The summed E-state index contributed by atoms with van der Waals surface area (Å²) in [5.41, 5.74) is 1.46. The zero-order valence-corrected chi connectivity index (χ0v) is 13.9. The van der Waals surface area contributed by atoms with Crippen molar-refractivity contribution in [3.63, 3.8) is 0 Å². The normalized spacial score (nSPS) is 11.4. The highest BCUT2D eigenvalue weighted by Crippen LogP contribution is 2.21. The minimum absolute atomic E-state index is 0.00546. The molecule has 112 valence electrons. The lowest BCUT2D eigenvalue weighted by Gasteiger charge is -2.18. The number of methoxy groups -OCH3 is 1. The summed E-state index contributed by atoms with van der Waals surface area (Å²) in [7, 11) is -1.03. The lowest BCUT2D eigenvalue weighted by Crippen LogP contribution is -2.34. The molecule has 1 aromatic rings. The van der Waals surface area contributed by atoms with Crippen LogP contribution in [0.4, 0.5) is 5.69 Å². The van der Waals surface area contributed by atoms with Crippen LogP contribution < -0.4 is 4.72 Å². The highest BCUT2D eigenvalue weighted by atomic mass is 79.9. The summed E-state index contributed by atoms with van der Waals surface area (Å²) in [4.78, 5) is 11.0. The van der Waals surface area contributed by atoms with Crippen molar-refractivity contribution in [2.24, 2.45) is 0 Å². The van der Waals surface area contributed by atoms with Gasteiger partial charge in [-0.2, -0.15) is 12.7 Å². The Morgan fingerprint density at radius 1 is 1.45 bits per heavy atom. The number of hydrogen-bond donors (Lipinski definition) is 1. The lowest BCUT2D eigenvalue weighted by atomic mass is 10.2. The fourth-order valence-electron chi connectivity index (χ4n) is 1.35. The Morgan fingerprint density at radius 3 is 2.65 bits per heavy atom. The number of benzene rings is 1. The molecule has 0 radical (unpaired) electrons. The number of aryl methyl sites for hydroxylation is 1. The summed E-state index contributed by atoms with van der Waals surface area (Å²) in [6, 6.07) is 5.16. The van der Waals surface area contributed by atoms with Crippen molar-refractivity contribution >= 4 is 37.8 Å². The molecule has 0 fully saturated rings. The number of anilines is 1. The van der Waals surface area contributed by atoms with Crippen LogP contribution in [0.3, 0.4) is 0 Å². The lowest BCUT2D eigenvalue weighted by molar-refractivity contribution is -0.140. The molecule has 1 N–H and O–H groups in total. The van der Waals surface area contributed by atoms with Crippen molar-refractivity contribution in [2.75, 3.05) is 25.4 Å². The van der Waals surface area contributed by atoms with E-state index in [9.17, 15) is 13.2 Å². The van der Waals surface area contributed by atoms with Gasteiger partial charge in [-0.15, -0.1) is 0 Å². The van der Waals surface area contributed by atoms with Gasteiger partial charge in [-0.05, 0) is 24.6 Å². The van der Waals surface area contributed by atoms with Crippen LogP contribution in [0.15, 0.2) is 22.7 Å². The van der Waals surface area contributed by atoms with E-state index in [1.54, 1.807) is 18.2 Å². The van der Waals surface area contributed by atoms with Crippen molar-refractivity contribution in [2.45, 2.75) is 13.3 Å². The van der Waals surface area contributed by atoms with Crippen LogP contribution in [0.25, 0.3) is 0 Å². The predicted octanol–water partition coefficient (Wildman–Crippen LogP) is 1.91. The summed E-state index contributed by atoms with van der Waals surface area (Å²) in [5.74, 6) is -0.454. The zero-order valence-electron chi connectivity index (χ0n) is 11.5. The average Bonchev–Trinajstić information content (AvgIpc) is 2.39. The number of nitrogens with one attached hydrogen (secondary N) is 1. The number of halogens is 1. The van der Waals surface area contributed by atoms with Gasteiger partial charge in [0.05, 0.1) is 19.2 Å². The third-order valence-electron chi connectivity index (χ3n) is 2.69. The monoisotopic (exact) mass is 364 g/mol. The van der Waals surface area contributed by atoms with Crippen molar-refractivity contribution in [3.05, 3.63) is 28.2 Å². The molecule has 0 saturated heterocycles. The fraction of sp³-hybridized carbons (Fsp3) is 0.417. The molecule has 0 aromatic heterocycles. The highest BCUT2D eigenvalue weighted by molar-refractivity contribution is 9.10. The van der Waals surface area contributed by atoms with Gasteiger partial charge in [0, 0.05) is 18.1 Å². The molecule has 1 rings (SSSR count). The van der Waals surface area contributed by atoms with Crippen LogP contribution in [0.1, 0.15) is 12.0 Å². The van der Waals surface area contributed by atoms with E-state index in [0.717, 1.165) is 14.3 Å². The van der Waals surface area contributed by atoms with Gasteiger partial charge in [0.25, 0.3) is 0 Å². The molecule has 0 saturated carbocycles. The predicted molar refractivity (Wildman–Crippen MR) is 80.7 cm³/mol. The average molecular weight is 365 g/mol. The second kappa shape index (κ2) is 7.05. The Balaban J connectivity index is 2.73. The summed E-state index contributed by atoms with van der Waals surface area (Å²) >= 11 is 3.34. The van der Waals surface area contributed by atoms with E-state index in [1.165, 1.54) is 14.2 Å². The van der Waals surface area contributed by atoms with E-state index in [2.05, 4.69) is 25.4 Å². The summed E-state index contributed by atoms with van der Waals surface area (Å²) < 4.78 is 32.9. The summed E-state index contributed by atoms with van der Waals surface area (Å²) in [6.45, 7) is 1.96. The molecule has 0 unspecified atom stereocenters. The van der Waals surface area contributed by atoms with Crippen molar-refractivity contribution in [1.29, 1.82) is 0 Å². The molecule has 6 nitrogen and oxygen atoms in total. The Kier molecular flexibility index (Phi) is 5.97. The van der Waals surface area contributed by atoms with Gasteiger partial charge in [0.2, 0.25) is 0 Å². The number of esters is 1. The number of nitrogens with zero attached hydrogens (tertiary/aromatic N) is 1. The molecule has 0 bridgehead atoms. The van der Waals surface area contributed by atoms with Crippen molar-refractivity contribution < 1.29 is 17.9 Å². The smallest absolute Gasteiger partial charge is 0.306 e. The maximum Gasteiger partial charge on any atom is 0.306 e. The molecule has 0 aliphatic rings. The Labute approximate surface area is 127 Å². The molecular formula is C12H17BrN2O4S. The number of hydrogen-bond acceptors (Lipinski definition) is 4. The second-order valence-corrected chi connectivity index (χ2v) is 6.85. The van der Waals surface area contributed by atoms with E-state index in [0.29, 0.717) is 5.69 Å². The number of carbonyl (C=O) groups is 1. The van der Waals surface area contributed by atoms with Gasteiger partial charge in [0.1, 0.15) is 0 Å². The maximum atomic E-state index is 12.0. The SMILES string of the molecule is COC(=O)CCN(C)S(=O)(=O)Nc1ccc(C)c(Br)c1. The van der Waals surface area contributed by atoms with Gasteiger partial charge < -0.3 is 4.74 Å². The van der Waals surface area contributed by atoms with E-state index in [1.807, 2.05) is 6.92 Å². The minimum Gasteiger partial charge on any atom is -0.469 e. The largest absolute Gasteiger partial charge is 0.469 e. The molecule has 20 heavy (non-hydrogen) atoms. The molecule has 0 aliphatic heterocycles. The van der Waals surface area contributed by atoms with E-state index in [-0.39, 0.29) is 13.0 Å². The van der Waals surface area contributed by atoms with Crippen molar-refractivity contribution in [3.8, 4) is 0 Å². The first-order chi connectivity index (χ1) is 9.26. The molecule has 8 heteroatoms. The first kappa shape index (κ1) is 16.9. The van der Waals surface area contributed by atoms with Crippen LogP contribution in [-0.2, 0) is 19.7 Å². The minimum atomic E-state index is -3.69. The highest BCUT2D eigenvalue weighted by Gasteiger charge is 2.18. The third kappa shape index (κ3) is 4.77. The topological polar surface area (TPSA) is 75.7 Å². The molecule has 1 aromatic carbocycles. The Morgan fingerprint density at radius 2 is 2.10 bits per heavy atom. The van der Waals surface area contributed by atoms with Crippen molar-refractivity contribution in [1.82, 2.24) is 4.31 Å². The Bertz CT molecular complexity index is 589. The van der Waals surface area contributed by atoms with Gasteiger partial charge in [-0.1, -0.05) is 22.0 Å². The van der Waals surface area contributed by atoms with Gasteiger partial charge in [0.15, 0.2) is 0 Å². The molecule has 0 amide bonds. The van der Waals surface area contributed by atoms with Crippen LogP contribution in [-0.4, -0.2) is 39.4 Å². The zero-order chi connectivity index (χ0) is 15.3. The second-order valence-electron chi connectivity index (χ2n) is 4.22. The van der Waals surface area contributed by atoms with Gasteiger partial charge in [-0.25, -0.2) is 0 Å². The first-order valence-electron chi connectivity index (χ1n) is 5.83. The quantitative estimate of drug-likeness (QED) is 0.782. The summed E-state index contributed by atoms with van der Waals surface area (Å²) in [5, 5.41) is 0. The number of ether oxygens (including phenoxy) is 1. The van der Waals surface area contributed by atoms with E-state index < -0.39 is 16.2 Å². The number of carbonyl (C=O) groups excluding carboxylic acids is 1. The summed E-state index contributed by atoms with van der Waals surface area (Å²) in [6.07, 6.45) is 0.00546. The van der Waals surface area contributed by atoms with E-state index >= 15 is 0 Å². The third-order valence-corrected chi connectivity index (χ3v) is 5.04. The molecule has 0 aliphatic carbocycles. The standard InChI is InChI=1S/C12H17BrN2O4S/c1-9-4-5-10(8-11(9)13)14-20(17,18)15(2)7-6-12(16)19-3/h4-5,8,14H,6-7H2,1-3H3. The van der Waals surface area contributed by atoms with Gasteiger partial charge in [-0.3, -0.25) is 9.52 Å². The Hall–Kier alpha value is -1.12. The van der Waals surface area contributed by atoms with E-state index in [4.69, 9.17) is 0 Å². The fourth-order valence-corrected chi connectivity index (χ4v) is 2.65. The first-order valence-corrected chi connectivity index (χ1v) is 8.06. The van der Waals surface area contributed by atoms with Crippen LogP contribution in [0, 0.1) is 6.92 Å². The van der Waals surface area contributed by atoms with Crippen LogP contribution in [0.2, 0.25) is 0 Å². The maximum absolute atomic E-state index is 12.0. The number of rotatable bonds is 6. The van der Waals surface area contributed by atoms with Crippen LogP contribution >= 0.6 is 15.9 Å². The molecule has 0 heterocycles. The molecular weight excluding hydrogens is 348 g/mol. The molecule has 0 spiro atoms. The van der Waals surface area contributed by atoms with Crippen LogP contribution in [0.5, 0.6) is 0 Å². The molecule has 0 atom stereocenters.